The third kappa shape index (κ3) is 3.76. The number of carbonyl (C=O) groups is 1. The molecule has 0 fully saturated rings. The van der Waals surface area contributed by atoms with E-state index >= 15 is 0 Å². The van der Waals surface area contributed by atoms with Crippen LogP contribution in [-0.2, 0) is 0 Å². The van der Waals surface area contributed by atoms with Crippen molar-refractivity contribution in [1.82, 2.24) is 10.2 Å². The number of fused-ring (bicyclic) bond motifs is 1. The number of benzene rings is 1. The molecule has 1 amide bonds. The summed E-state index contributed by atoms with van der Waals surface area (Å²) in [6, 6.07) is 7.26. The van der Waals surface area contributed by atoms with Crippen LogP contribution < -0.4 is 10.1 Å². The van der Waals surface area contributed by atoms with Crippen LogP contribution in [0.25, 0.3) is 11.0 Å². The van der Waals surface area contributed by atoms with Crippen LogP contribution in [0.3, 0.4) is 0 Å². The Kier molecular flexibility index (Phi) is 5.22. The van der Waals surface area contributed by atoms with Crippen molar-refractivity contribution >= 4 is 16.9 Å². The van der Waals surface area contributed by atoms with E-state index in [1.165, 1.54) is 0 Å². The number of hydrogen-bond acceptors (Lipinski definition) is 4. The molecule has 0 aliphatic rings. The number of nitrogens with zero attached hydrogens (tertiary/aromatic N) is 1. The highest BCUT2D eigenvalue weighted by Crippen LogP contribution is 2.24. The van der Waals surface area contributed by atoms with Crippen LogP contribution in [0.4, 0.5) is 0 Å². The van der Waals surface area contributed by atoms with Gasteiger partial charge in [-0.15, -0.1) is 0 Å². The summed E-state index contributed by atoms with van der Waals surface area (Å²) >= 11 is 0. The number of amides is 1. The van der Waals surface area contributed by atoms with Gasteiger partial charge in [0.2, 0.25) is 0 Å². The fourth-order valence-corrected chi connectivity index (χ4v) is 2.20. The topological polar surface area (TPSA) is 54.7 Å². The quantitative estimate of drug-likeness (QED) is 0.851. The molecular weight excluding hydrogens is 268 g/mol. The van der Waals surface area contributed by atoms with Crippen molar-refractivity contribution in [3.05, 3.63) is 30.0 Å². The van der Waals surface area contributed by atoms with Gasteiger partial charge in [0.15, 0.2) is 5.76 Å². The van der Waals surface area contributed by atoms with Crippen molar-refractivity contribution in [3.63, 3.8) is 0 Å². The van der Waals surface area contributed by atoms with E-state index in [9.17, 15) is 4.79 Å². The van der Waals surface area contributed by atoms with E-state index in [0.717, 1.165) is 25.0 Å². The van der Waals surface area contributed by atoms with Gasteiger partial charge in [-0.25, -0.2) is 0 Å². The average Bonchev–Trinajstić information content (AvgIpc) is 2.94. The molecule has 0 atom stereocenters. The predicted molar refractivity (Wildman–Crippen MR) is 82.9 cm³/mol. The van der Waals surface area contributed by atoms with E-state index in [-0.39, 0.29) is 5.91 Å². The maximum Gasteiger partial charge on any atom is 0.287 e. The molecule has 5 heteroatoms. The van der Waals surface area contributed by atoms with Gasteiger partial charge in [-0.2, -0.15) is 0 Å². The molecule has 1 aromatic heterocycles. The number of methoxy groups -OCH3 is 1. The van der Waals surface area contributed by atoms with Crippen LogP contribution >= 0.6 is 0 Å². The first-order valence-corrected chi connectivity index (χ1v) is 7.26. The van der Waals surface area contributed by atoms with Crippen molar-refractivity contribution in [2.24, 2.45) is 0 Å². The minimum Gasteiger partial charge on any atom is -0.497 e. The number of likely N-dealkylation sites (N-methyl/N-ethyl adjacent to an activating group) is 1. The normalized spacial score (nSPS) is 11.0. The van der Waals surface area contributed by atoms with Crippen LogP contribution in [-0.4, -0.2) is 44.1 Å². The molecule has 114 valence electrons. The number of rotatable bonds is 7. The van der Waals surface area contributed by atoms with Gasteiger partial charge >= 0.3 is 0 Å². The van der Waals surface area contributed by atoms with E-state index in [0.29, 0.717) is 23.6 Å². The van der Waals surface area contributed by atoms with Gasteiger partial charge in [0.05, 0.1) is 7.11 Å². The Morgan fingerprint density at radius 3 is 2.71 bits per heavy atom. The molecule has 0 saturated heterocycles. The zero-order valence-corrected chi connectivity index (χ0v) is 12.8. The van der Waals surface area contributed by atoms with Crippen molar-refractivity contribution in [3.8, 4) is 5.75 Å². The minimum atomic E-state index is -0.183. The van der Waals surface area contributed by atoms with Crippen molar-refractivity contribution < 1.29 is 13.9 Å². The van der Waals surface area contributed by atoms with Gasteiger partial charge in [0.25, 0.3) is 5.91 Å². The smallest absolute Gasteiger partial charge is 0.287 e. The zero-order chi connectivity index (χ0) is 15.2. The van der Waals surface area contributed by atoms with Gasteiger partial charge in [-0.3, -0.25) is 4.79 Å². The SMILES string of the molecule is CCN(CC)CCNC(=O)c1cc2ccc(OC)cc2o1. The Morgan fingerprint density at radius 1 is 1.29 bits per heavy atom. The summed E-state index contributed by atoms with van der Waals surface area (Å²) in [4.78, 5) is 14.3. The monoisotopic (exact) mass is 290 g/mol. The summed E-state index contributed by atoms with van der Waals surface area (Å²) in [5.41, 5.74) is 0.656. The Morgan fingerprint density at radius 2 is 2.05 bits per heavy atom. The average molecular weight is 290 g/mol. The summed E-state index contributed by atoms with van der Waals surface area (Å²) < 4.78 is 10.7. The molecule has 0 unspecified atom stereocenters. The van der Waals surface area contributed by atoms with Crippen LogP contribution in [0.5, 0.6) is 5.75 Å². The van der Waals surface area contributed by atoms with E-state index < -0.39 is 0 Å². The van der Waals surface area contributed by atoms with E-state index in [1.54, 1.807) is 19.2 Å². The van der Waals surface area contributed by atoms with Gasteiger partial charge in [-0.05, 0) is 31.3 Å². The van der Waals surface area contributed by atoms with Crippen molar-refractivity contribution in [2.45, 2.75) is 13.8 Å². The summed E-state index contributed by atoms with van der Waals surface area (Å²) in [5, 5.41) is 3.78. The second-order valence-electron chi connectivity index (χ2n) is 4.80. The first kappa shape index (κ1) is 15.4. The molecule has 1 N–H and O–H groups in total. The summed E-state index contributed by atoms with van der Waals surface area (Å²) in [7, 11) is 1.60. The molecule has 1 aromatic carbocycles. The third-order valence-corrected chi connectivity index (χ3v) is 3.56. The predicted octanol–water partition coefficient (Wildman–Crippen LogP) is 2.51. The molecule has 21 heavy (non-hydrogen) atoms. The molecule has 0 saturated carbocycles. The first-order chi connectivity index (χ1) is 10.2. The molecule has 0 radical (unpaired) electrons. The number of carbonyl (C=O) groups excluding carboxylic acids is 1. The van der Waals surface area contributed by atoms with Crippen molar-refractivity contribution in [2.75, 3.05) is 33.3 Å². The lowest BCUT2D eigenvalue weighted by molar-refractivity contribution is 0.0923. The summed E-state index contributed by atoms with van der Waals surface area (Å²) in [5.74, 6) is 0.862. The van der Waals surface area contributed by atoms with Crippen LogP contribution in [0.1, 0.15) is 24.4 Å². The molecule has 0 spiro atoms. The molecule has 5 nitrogen and oxygen atoms in total. The minimum absolute atomic E-state index is 0.183. The Hall–Kier alpha value is -2.01. The number of nitrogens with one attached hydrogen (secondary N) is 1. The lowest BCUT2D eigenvalue weighted by Crippen LogP contribution is -2.34. The van der Waals surface area contributed by atoms with Crippen molar-refractivity contribution in [1.29, 1.82) is 0 Å². The first-order valence-electron chi connectivity index (χ1n) is 7.26. The van der Waals surface area contributed by atoms with Gasteiger partial charge in [-0.1, -0.05) is 13.8 Å². The maximum atomic E-state index is 12.1. The van der Waals surface area contributed by atoms with Gasteiger partial charge in [0, 0.05) is 24.5 Å². The molecule has 0 bridgehead atoms. The van der Waals surface area contributed by atoms with Crippen LogP contribution in [0, 0.1) is 0 Å². The Labute approximate surface area is 124 Å². The molecule has 2 rings (SSSR count). The standard InChI is InChI=1S/C16H22N2O3/c1-4-18(5-2)9-8-17-16(19)15-10-12-6-7-13(20-3)11-14(12)21-15/h6-7,10-11H,4-5,8-9H2,1-3H3,(H,17,19). The molecular formula is C16H22N2O3. The summed E-state index contributed by atoms with van der Waals surface area (Å²) in [6.45, 7) is 7.64. The Bertz CT molecular complexity index is 603. The lowest BCUT2D eigenvalue weighted by atomic mass is 10.2. The van der Waals surface area contributed by atoms with E-state index in [4.69, 9.17) is 9.15 Å². The highest BCUT2D eigenvalue weighted by Gasteiger charge is 2.12. The molecule has 0 aliphatic heterocycles. The summed E-state index contributed by atoms with van der Waals surface area (Å²) in [6.07, 6.45) is 0. The highest BCUT2D eigenvalue weighted by molar-refractivity contribution is 5.96. The number of hydrogen-bond donors (Lipinski definition) is 1. The van der Waals surface area contributed by atoms with Crippen LogP contribution in [0.2, 0.25) is 0 Å². The number of furan rings is 1. The van der Waals surface area contributed by atoms with Gasteiger partial charge < -0.3 is 19.4 Å². The Balaban J connectivity index is 1.99. The fraction of sp³-hybridized carbons (Fsp3) is 0.438. The maximum absolute atomic E-state index is 12.1. The number of ether oxygens (including phenoxy) is 1. The van der Waals surface area contributed by atoms with E-state index in [2.05, 4.69) is 24.1 Å². The molecule has 0 aliphatic carbocycles. The fourth-order valence-electron chi connectivity index (χ4n) is 2.20. The van der Waals surface area contributed by atoms with E-state index in [1.807, 2.05) is 12.1 Å². The van der Waals surface area contributed by atoms with Crippen LogP contribution in [0.15, 0.2) is 28.7 Å². The van der Waals surface area contributed by atoms with Gasteiger partial charge in [0.1, 0.15) is 11.3 Å². The molecule has 2 aromatic rings. The highest BCUT2D eigenvalue weighted by atomic mass is 16.5. The second-order valence-corrected chi connectivity index (χ2v) is 4.80. The molecule has 1 heterocycles. The largest absolute Gasteiger partial charge is 0.497 e. The second kappa shape index (κ2) is 7.13. The lowest BCUT2D eigenvalue weighted by Gasteiger charge is -2.17. The zero-order valence-electron chi connectivity index (χ0n) is 12.8. The third-order valence-electron chi connectivity index (χ3n) is 3.56.